The molecule has 122 valence electrons. The van der Waals surface area contributed by atoms with Gasteiger partial charge >= 0.3 is 5.97 Å². The summed E-state index contributed by atoms with van der Waals surface area (Å²) >= 11 is 0. The molecule has 0 aromatic heterocycles. The summed E-state index contributed by atoms with van der Waals surface area (Å²) in [6.45, 7) is 2.75. The zero-order chi connectivity index (χ0) is 16.5. The summed E-state index contributed by atoms with van der Waals surface area (Å²) in [7, 11) is 0. The van der Waals surface area contributed by atoms with Gasteiger partial charge in [-0.3, -0.25) is 0 Å². The van der Waals surface area contributed by atoms with Crippen LogP contribution in [0.3, 0.4) is 0 Å². The van der Waals surface area contributed by atoms with Gasteiger partial charge in [0.05, 0.1) is 6.61 Å². The van der Waals surface area contributed by atoms with E-state index in [1.807, 2.05) is 61.5 Å². The average Bonchev–Trinajstić information content (AvgIpc) is 2.60. The van der Waals surface area contributed by atoms with E-state index in [0.29, 0.717) is 13.2 Å². The van der Waals surface area contributed by atoms with Gasteiger partial charge in [-0.05, 0) is 29.7 Å². The SMILES string of the molecule is CCCOC(=O)[C@@H](O)Cc1ccc(OCc2ccccc2)cc1. The van der Waals surface area contributed by atoms with Gasteiger partial charge in [0.1, 0.15) is 12.4 Å². The highest BCUT2D eigenvalue weighted by Crippen LogP contribution is 2.15. The number of hydrogen-bond donors (Lipinski definition) is 1. The van der Waals surface area contributed by atoms with Crippen molar-refractivity contribution < 1.29 is 19.4 Å². The molecule has 0 aliphatic carbocycles. The molecule has 0 saturated heterocycles. The molecule has 23 heavy (non-hydrogen) atoms. The smallest absolute Gasteiger partial charge is 0.335 e. The van der Waals surface area contributed by atoms with E-state index >= 15 is 0 Å². The van der Waals surface area contributed by atoms with Crippen molar-refractivity contribution in [3.63, 3.8) is 0 Å². The molecule has 0 fully saturated rings. The van der Waals surface area contributed by atoms with Crippen LogP contribution in [0.2, 0.25) is 0 Å². The second-order valence-corrected chi connectivity index (χ2v) is 5.31. The minimum absolute atomic E-state index is 0.238. The predicted molar refractivity (Wildman–Crippen MR) is 88.2 cm³/mol. The van der Waals surface area contributed by atoms with Gasteiger partial charge < -0.3 is 14.6 Å². The first-order chi connectivity index (χ1) is 11.2. The third kappa shape index (κ3) is 5.75. The largest absolute Gasteiger partial charge is 0.489 e. The van der Waals surface area contributed by atoms with Crippen molar-refractivity contribution in [3.05, 3.63) is 65.7 Å². The topological polar surface area (TPSA) is 55.8 Å². The molecule has 0 amide bonds. The molecule has 2 rings (SSSR count). The first-order valence-corrected chi connectivity index (χ1v) is 7.79. The van der Waals surface area contributed by atoms with Crippen LogP contribution in [0.25, 0.3) is 0 Å². The molecule has 0 heterocycles. The van der Waals surface area contributed by atoms with Gasteiger partial charge in [-0.15, -0.1) is 0 Å². The van der Waals surface area contributed by atoms with E-state index in [0.717, 1.165) is 23.3 Å². The molecule has 4 nitrogen and oxygen atoms in total. The number of rotatable bonds is 8. The van der Waals surface area contributed by atoms with Crippen LogP contribution in [-0.4, -0.2) is 23.8 Å². The summed E-state index contributed by atoms with van der Waals surface area (Å²) in [5.41, 5.74) is 1.96. The van der Waals surface area contributed by atoms with E-state index in [4.69, 9.17) is 9.47 Å². The normalized spacial score (nSPS) is 11.7. The van der Waals surface area contributed by atoms with E-state index < -0.39 is 12.1 Å². The molecule has 0 spiro atoms. The molecule has 0 aliphatic heterocycles. The van der Waals surface area contributed by atoms with Crippen molar-refractivity contribution in [1.29, 1.82) is 0 Å². The van der Waals surface area contributed by atoms with Crippen LogP contribution in [0, 0.1) is 0 Å². The van der Waals surface area contributed by atoms with Gasteiger partial charge in [0.15, 0.2) is 6.10 Å². The Morgan fingerprint density at radius 3 is 2.39 bits per heavy atom. The Hall–Kier alpha value is -2.33. The minimum Gasteiger partial charge on any atom is -0.489 e. The fraction of sp³-hybridized carbons (Fsp3) is 0.316. The number of aliphatic hydroxyl groups excluding tert-OH is 1. The molecule has 0 unspecified atom stereocenters. The highest BCUT2D eigenvalue weighted by Gasteiger charge is 2.16. The Morgan fingerprint density at radius 1 is 1.04 bits per heavy atom. The lowest BCUT2D eigenvalue weighted by atomic mass is 10.1. The van der Waals surface area contributed by atoms with Crippen molar-refractivity contribution in [2.24, 2.45) is 0 Å². The molecule has 0 bridgehead atoms. The van der Waals surface area contributed by atoms with Gasteiger partial charge in [-0.1, -0.05) is 49.4 Å². The van der Waals surface area contributed by atoms with Gasteiger partial charge in [0.2, 0.25) is 0 Å². The quantitative estimate of drug-likeness (QED) is 0.761. The number of hydrogen-bond acceptors (Lipinski definition) is 4. The van der Waals surface area contributed by atoms with Crippen LogP contribution in [-0.2, 0) is 22.6 Å². The Bertz CT molecular complexity index is 593. The average molecular weight is 314 g/mol. The summed E-state index contributed by atoms with van der Waals surface area (Å²) in [5.74, 6) is 0.178. The maximum absolute atomic E-state index is 11.5. The predicted octanol–water partition coefficient (Wildman–Crippen LogP) is 3.12. The van der Waals surface area contributed by atoms with Crippen molar-refractivity contribution in [2.75, 3.05) is 6.61 Å². The molecule has 1 N–H and O–H groups in total. The van der Waals surface area contributed by atoms with E-state index in [1.54, 1.807) is 0 Å². The fourth-order valence-electron chi connectivity index (χ4n) is 2.07. The van der Waals surface area contributed by atoms with Crippen molar-refractivity contribution in [1.82, 2.24) is 0 Å². The minimum atomic E-state index is -1.13. The second kappa shape index (κ2) is 8.96. The number of benzene rings is 2. The molecule has 2 aromatic rings. The van der Waals surface area contributed by atoms with Gasteiger partial charge in [0, 0.05) is 6.42 Å². The molecular formula is C19H22O4. The summed E-state index contributed by atoms with van der Waals surface area (Å²) in [6.07, 6.45) is -0.148. The van der Waals surface area contributed by atoms with Gasteiger partial charge in [-0.2, -0.15) is 0 Å². The van der Waals surface area contributed by atoms with Crippen molar-refractivity contribution >= 4 is 5.97 Å². The standard InChI is InChI=1S/C19H22O4/c1-2-12-22-19(21)18(20)13-15-8-10-17(11-9-15)23-14-16-6-4-3-5-7-16/h3-11,18,20H,2,12-14H2,1H3/t18-/m0/s1. The maximum Gasteiger partial charge on any atom is 0.335 e. The first-order valence-electron chi connectivity index (χ1n) is 7.79. The van der Waals surface area contributed by atoms with Crippen LogP contribution in [0.1, 0.15) is 24.5 Å². The highest BCUT2D eigenvalue weighted by atomic mass is 16.5. The zero-order valence-electron chi connectivity index (χ0n) is 13.3. The lowest BCUT2D eigenvalue weighted by Gasteiger charge is -2.11. The van der Waals surface area contributed by atoms with E-state index in [9.17, 15) is 9.90 Å². The van der Waals surface area contributed by atoms with Crippen LogP contribution >= 0.6 is 0 Å². The number of carbonyl (C=O) groups excluding carboxylic acids is 1. The molecule has 0 aliphatic rings. The molecule has 0 saturated carbocycles. The Kier molecular flexibility index (Phi) is 6.63. The molecule has 1 atom stereocenters. The monoisotopic (exact) mass is 314 g/mol. The summed E-state index contributed by atoms with van der Waals surface area (Å²) in [6, 6.07) is 17.3. The van der Waals surface area contributed by atoms with E-state index in [2.05, 4.69) is 0 Å². The fourth-order valence-corrected chi connectivity index (χ4v) is 2.07. The molecule has 0 radical (unpaired) electrons. The van der Waals surface area contributed by atoms with E-state index in [-0.39, 0.29) is 6.42 Å². The highest BCUT2D eigenvalue weighted by molar-refractivity contribution is 5.74. The first kappa shape index (κ1) is 17.0. The van der Waals surface area contributed by atoms with Crippen molar-refractivity contribution in [2.45, 2.75) is 32.5 Å². The Morgan fingerprint density at radius 2 is 1.74 bits per heavy atom. The van der Waals surface area contributed by atoms with Crippen molar-refractivity contribution in [3.8, 4) is 5.75 Å². The number of aliphatic hydroxyl groups is 1. The van der Waals surface area contributed by atoms with Crippen LogP contribution in [0.4, 0.5) is 0 Å². The molecule has 2 aromatic carbocycles. The third-order valence-corrected chi connectivity index (χ3v) is 3.32. The number of esters is 1. The van der Waals surface area contributed by atoms with Gasteiger partial charge in [-0.25, -0.2) is 4.79 Å². The maximum atomic E-state index is 11.5. The second-order valence-electron chi connectivity index (χ2n) is 5.31. The Balaban J connectivity index is 1.83. The lowest BCUT2D eigenvalue weighted by molar-refractivity contribution is -0.153. The summed E-state index contributed by atoms with van der Waals surface area (Å²) in [4.78, 5) is 11.5. The van der Waals surface area contributed by atoms with Crippen LogP contribution in [0.15, 0.2) is 54.6 Å². The summed E-state index contributed by atoms with van der Waals surface area (Å²) < 4.78 is 10.6. The Labute approximate surface area is 136 Å². The third-order valence-electron chi connectivity index (χ3n) is 3.32. The van der Waals surface area contributed by atoms with E-state index in [1.165, 1.54) is 0 Å². The van der Waals surface area contributed by atoms with Gasteiger partial charge in [0.25, 0.3) is 0 Å². The van der Waals surface area contributed by atoms with Crippen LogP contribution in [0.5, 0.6) is 5.75 Å². The lowest BCUT2D eigenvalue weighted by Crippen LogP contribution is -2.25. The molecule has 4 heteroatoms. The molecular weight excluding hydrogens is 292 g/mol. The number of ether oxygens (including phenoxy) is 2. The van der Waals surface area contributed by atoms with Crippen LogP contribution < -0.4 is 4.74 Å². The zero-order valence-corrected chi connectivity index (χ0v) is 13.3. The summed E-state index contributed by atoms with van der Waals surface area (Å²) in [5, 5.41) is 9.81. The number of carbonyl (C=O) groups is 1.